The van der Waals surface area contributed by atoms with Gasteiger partial charge < -0.3 is 10.6 Å². The lowest BCUT2D eigenvalue weighted by atomic mass is 9.79. The van der Waals surface area contributed by atoms with Gasteiger partial charge in [-0.15, -0.1) is 0 Å². The molecule has 1 rings (SSSR count). The average Bonchev–Trinajstić information content (AvgIpc) is 2.17. The van der Waals surface area contributed by atoms with E-state index in [1.807, 2.05) is 20.8 Å². The van der Waals surface area contributed by atoms with Gasteiger partial charge in [-0.25, -0.2) is 0 Å². The molecule has 0 aliphatic heterocycles. The Balaban J connectivity index is 2.63. The quantitative estimate of drug-likeness (QED) is 0.711. The molecule has 1 saturated carbocycles. The van der Waals surface area contributed by atoms with Crippen molar-refractivity contribution in [1.29, 1.82) is 0 Å². The van der Waals surface area contributed by atoms with Crippen molar-refractivity contribution >= 4 is 11.7 Å². The van der Waals surface area contributed by atoms with Crippen LogP contribution in [-0.4, -0.2) is 30.3 Å². The number of hydrogen-bond acceptors (Lipinski definition) is 3. The van der Waals surface area contributed by atoms with Gasteiger partial charge in [0.1, 0.15) is 0 Å². The minimum Gasteiger partial charge on any atom is -0.353 e. The van der Waals surface area contributed by atoms with E-state index in [1.54, 1.807) is 0 Å². The highest BCUT2D eigenvalue weighted by molar-refractivity contribution is 6.38. The van der Waals surface area contributed by atoms with Crippen molar-refractivity contribution in [2.45, 2.75) is 58.0 Å². The molecule has 17 heavy (non-hydrogen) atoms. The molecule has 0 spiro atoms. The summed E-state index contributed by atoms with van der Waals surface area (Å²) in [5, 5.41) is 5.67. The Bertz CT molecular complexity index is 290. The van der Waals surface area contributed by atoms with Crippen LogP contribution in [0.1, 0.15) is 46.5 Å². The molecular formula is C13H24N2O2. The second-order valence-electron chi connectivity index (χ2n) is 5.92. The number of ketones is 1. The van der Waals surface area contributed by atoms with E-state index in [2.05, 4.69) is 10.6 Å². The third-order valence-electron chi connectivity index (χ3n) is 3.17. The smallest absolute Gasteiger partial charge is 0.288 e. The third kappa shape index (κ3) is 4.46. The van der Waals surface area contributed by atoms with E-state index >= 15 is 0 Å². The van der Waals surface area contributed by atoms with E-state index < -0.39 is 5.91 Å². The SMILES string of the molecule is CNC(=O)C(=O)C(CC1CCC1)NC(C)(C)C. The summed E-state index contributed by atoms with van der Waals surface area (Å²) >= 11 is 0. The monoisotopic (exact) mass is 240 g/mol. The predicted molar refractivity (Wildman–Crippen MR) is 67.7 cm³/mol. The van der Waals surface area contributed by atoms with Crippen LogP contribution in [0.3, 0.4) is 0 Å². The summed E-state index contributed by atoms with van der Waals surface area (Å²) in [4.78, 5) is 23.4. The van der Waals surface area contributed by atoms with Gasteiger partial charge in [-0.2, -0.15) is 0 Å². The molecule has 4 nitrogen and oxygen atoms in total. The molecule has 0 aromatic heterocycles. The average molecular weight is 240 g/mol. The van der Waals surface area contributed by atoms with Gasteiger partial charge in [0.2, 0.25) is 5.78 Å². The fraction of sp³-hybridized carbons (Fsp3) is 0.846. The van der Waals surface area contributed by atoms with Gasteiger partial charge in [-0.1, -0.05) is 19.3 Å². The van der Waals surface area contributed by atoms with E-state index in [4.69, 9.17) is 0 Å². The van der Waals surface area contributed by atoms with Crippen molar-refractivity contribution in [3.8, 4) is 0 Å². The highest BCUT2D eigenvalue weighted by Gasteiger charge is 2.31. The molecule has 1 aliphatic carbocycles. The zero-order chi connectivity index (χ0) is 13.1. The number of hydrogen-bond donors (Lipinski definition) is 2. The number of nitrogens with one attached hydrogen (secondary N) is 2. The van der Waals surface area contributed by atoms with Gasteiger partial charge in [-0.05, 0) is 33.1 Å². The summed E-state index contributed by atoms with van der Waals surface area (Å²) < 4.78 is 0. The van der Waals surface area contributed by atoms with Crippen LogP contribution in [0.4, 0.5) is 0 Å². The minimum atomic E-state index is -0.494. The van der Waals surface area contributed by atoms with Crippen LogP contribution in [0, 0.1) is 5.92 Å². The Morgan fingerprint density at radius 3 is 2.24 bits per heavy atom. The topological polar surface area (TPSA) is 58.2 Å². The lowest BCUT2D eigenvalue weighted by Gasteiger charge is -2.33. The van der Waals surface area contributed by atoms with Crippen molar-refractivity contribution in [2.75, 3.05) is 7.05 Å². The van der Waals surface area contributed by atoms with E-state index in [9.17, 15) is 9.59 Å². The summed E-state index contributed by atoms with van der Waals surface area (Å²) in [7, 11) is 1.50. The maximum Gasteiger partial charge on any atom is 0.288 e. The van der Waals surface area contributed by atoms with Gasteiger partial charge in [0.15, 0.2) is 0 Å². The number of carbonyl (C=O) groups is 2. The van der Waals surface area contributed by atoms with Crippen molar-refractivity contribution < 1.29 is 9.59 Å². The number of carbonyl (C=O) groups excluding carboxylic acids is 2. The van der Waals surface area contributed by atoms with Gasteiger partial charge in [-0.3, -0.25) is 9.59 Å². The van der Waals surface area contributed by atoms with Crippen LogP contribution in [0.15, 0.2) is 0 Å². The lowest BCUT2D eigenvalue weighted by Crippen LogP contribution is -2.52. The number of likely N-dealkylation sites (N-methyl/N-ethyl adjacent to an activating group) is 1. The Morgan fingerprint density at radius 1 is 1.29 bits per heavy atom. The first kappa shape index (κ1) is 14.2. The maximum atomic E-state index is 12.0. The molecule has 4 heteroatoms. The van der Waals surface area contributed by atoms with E-state index in [1.165, 1.54) is 26.3 Å². The van der Waals surface area contributed by atoms with Crippen LogP contribution in [0.25, 0.3) is 0 Å². The largest absolute Gasteiger partial charge is 0.353 e. The molecule has 98 valence electrons. The molecule has 0 aromatic carbocycles. The zero-order valence-electron chi connectivity index (χ0n) is 11.3. The Hall–Kier alpha value is -0.900. The zero-order valence-corrected chi connectivity index (χ0v) is 11.3. The van der Waals surface area contributed by atoms with Crippen LogP contribution in [0.5, 0.6) is 0 Å². The fourth-order valence-corrected chi connectivity index (χ4v) is 2.10. The van der Waals surface area contributed by atoms with Crippen LogP contribution < -0.4 is 10.6 Å². The lowest BCUT2D eigenvalue weighted by molar-refractivity contribution is -0.139. The Morgan fingerprint density at radius 2 is 1.88 bits per heavy atom. The highest BCUT2D eigenvalue weighted by Crippen LogP contribution is 2.31. The van der Waals surface area contributed by atoms with Crippen molar-refractivity contribution in [3.63, 3.8) is 0 Å². The van der Waals surface area contributed by atoms with Crippen LogP contribution in [-0.2, 0) is 9.59 Å². The third-order valence-corrected chi connectivity index (χ3v) is 3.17. The number of amides is 1. The maximum absolute atomic E-state index is 12.0. The molecule has 0 bridgehead atoms. The predicted octanol–water partition coefficient (Wildman–Crippen LogP) is 1.25. The molecule has 1 atom stereocenters. The fourth-order valence-electron chi connectivity index (χ4n) is 2.10. The van der Waals surface area contributed by atoms with Crippen molar-refractivity contribution in [1.82, 2.24) is 10.6 Å². The molecule has 0 radical (unpaired) electrons. The summed E-state index contributed by atoms with van der Waals surface area (Å²) in [6.07, 6.45) is 4.40. The second kappa shape index (κ2) is 5.63. The molecule has 1 amide bonds. The summed E-state index contributed by atoms with van der Waals surface area (Å²) in [5.41, 5.74) is -0.155. The Kier molecular flexibility index (Phi) is 4.69. The number of rotatable bonds is 5. The first-order valence-electron chi connectivity index (χ1n) is 6.37. The first-order chi connectivity index (χ1) is 7.83. The van der Waals surface area contributed by atoms with Crippen molar-refractivity contribution in [2.24, 2.45) is 5.92 Å². The van der Waals surface area contributed by atoms with Gasteiger partial charge in [0, 0.05) is 12.6 Å². The van der Waals surface area contributed by atoms with Crippen molar-refractivity contribution in [3.05, 3.63) is 0 Å². The minimum absolute atomic E-state index is 0.155. The summed E-state index contributed by atoms with van der Waals surface area (Å²) in [5.74, 6) is -0.233. The van der Waals surface area contributed by atoms with Gasteiger partial charge >= 0.3 is 0 Å². The highest BCUT2D eigenvalue weighted by atomic mass is 16.2. The molecule has 0 aromatic rings. The number of Topliss-reactive ketones (excluding diaryl/α,β-unsaturated/α-hetero) is 1. The van der Waals surface area contributed by atoms with E-state index in [0.29, 0.717) is 5.92 Å². The summed E-state index contributed by atoms with van der Waals surface area (Å²) in [6, 6.07) is -0.347. The molecule has 0 heterocycles. The normalized spacial score (nSPS) is 18.4. The van der Waals surface area contributed by atoms with Gasteiger partial charge in [0.25, 0.3) is 5.91 Å². The first-order valence-corrected chi connectivity index (χ1v) is 6.37. The van der Waals surface area contributed by atoms with Crippen LogP contribution >= 0.6 is 0 Å². The molecule has 2 N–H and O–H groups in total. The van der Waals surface area contributed by atoms with E-state index in [-0.39, 0.29) is 17.4 Å². The van der Waals surface area contributed by atoms with Crippen LogP contribution in [0.2, 0.25) is 0 Å². The molecular weight excluding hydrogens is 216 g/mol. The Labute approximate surface area is 104 Å². The summed E-state index contributed by atoms with van der Waals surface area (Å²) in [6.45, 7) is 6.04. The molecule has 1 fully saturated rings. The molecule has 0 saturated heterocycles. The second-order valence-corrected chi connectivity index (χ2v) is 5.92. The standard InChI is InChI=1S/C13H24N2O2/c1-13(2,3)15-10(8-9-6-5-7-9)11(16)12(17)14-4/h9-10,15H,5-8H2,1-4H3,(H,14,17). The molecule has 1 unspecified atom stereocenters. The molecule has 1 aliphatic rings. The van der Waals surface area contributed by atoms with E-state index in [0.717, 1.165) is 6.42 Å². The van der Waals surface area contributed by atoms with Gasteiger partial charge in [0.05, 0.1) is 6.04 Å².